The third kappa shape index (κ3) is 6.11. The van der Waals surface area contributed by atoms with Crippen LogP contribution < -0.4 is 0 Å². The quantitative estimate of drug-likeness (QED) is 0.258. The number of aliphatic carboxylic acids is 2. The van der Waals surface area contributed by atoms with E-state index in [-0.39, 0.29) is 4.48 Å². The van der Waals surface area contributed by atoms with E-state index in [0.717, 1.165) is 32.1 Å². The number of nitrogens with zero attached hydrogens (tertiary/aromatic N) is 1. The standard InChI is InChI=1S/C17H33NO5/c1-4-7-8-9-10-11-12-18(13-19,14(5-2)16(20)21)15(6-3)17(22)23/h14-15,19H,4-13H2,1-3H3,(H-,20,21,22,23)/p+1. The third-order valence-corrected chi connectivity index (χ3v) is 4.78. The second kappa shape index (κ2) is 11.4. The van der Waals surface area contributed by atoms with Crippen LogP contribution in [-0.4, -0.2) is 57.1 Å². The van der Waals surface area contributed by atoms with Crippen LogP contribution in [0.2, 0.25) is 0 Å². The van der Waals surface area contributed by atoms with Crippen molar-refractivity contribution >= 4 is 11.9 Å². The van der Waals surface area contributed by atoms with Crippen molar-refractivity contribution in [1.82, 2.24) is 0 Å². The molecule has 0 rings (SSSR count). The Morgan fingerprint density at radius 2 is 1.26 bits per heavy atom. The SMILES string of the molecule is CCCCCCCC[N+](CO)(C(CC)C(=O)O)C(CC)C(=O)O. The molecule has 0 aliphatic heterocycles. The lowest BCUT2D eigenvalue weighted by atomic mass is 10.0. The molecule has 0 saturated carbocycles. The maximum absolute atomic E-state index is 11.6. The van der Waals surface area contributed by atoms with Gasteiger partial charge in [0.15, 0.2) is 18.8 Å². The highest BCUT2D eigenvalue weighted by Gasteiger charge is 2.48. The van der Waals surface area contributed by atoms with Crippen molar-refractivity contribution < 1.29 is 29.4 Å². The average molecular weight is 332 g/mol. The maximum atomic E-state index is 11.6. The molecule has 0 aromatic rings. The van der Waals surface area contributed by atoms with Gasteiger partial charge in [0.2, 0.25) is 0 Å². The summed E-state index contributed by atoms with van der Waals surface area (Å²) in [5.41, 5.74) is 0. The van der Waals surface area contributed by atoms with Gasteiger partial charge >= 0.3 is 11.9 Å². The highest BCUT2D eigenvalue weighted by Crippen LogP contribution is 2.26. The number of carboxylic acid groups (broad SMARTS) is 2. The number of quaternary nitrogens is 1. The minimum atomic E-state index is -1.03. The fourth-order valence-electron chi connectivity index (χ4n) is 3.50. The highest BCUT2D eigenvalue weighted by atomic mass is 16.4. The van der Waals surface area contributed by atoms with E-state index in [2.05, 4.69) is 6.92 Å². The van der Waals surface area contributed by atoms with Crippen molar-refractivity contribution in [3.8, 4) is 0 Å². The summed E-state index contributed by atoms with van der Waals surface area (Å²) in [6.45, 7) is 5.54. The number of rotatable bonds is 14. The molecule has 23 heavy (non-hydrogen) atoms. The van der Waals surface area contributed by atoms with Gasteiger partial charge in [0.05, 0.1) is 6.54 Å². The Bertz CT molecular complexity index is 337. The maximum Gasteiger partial charge on any atom is 0.362 e. The zero-order valence-corrected chi connectivity index (χ0v) is 14.8. The Labute approximate surface area is 139 Å². The molecule has 0 bridgehead atoms. The van der Waals surface area contributed by atoms with Crippen LogP contribution in [0.15, 0.2) is 0 Å². The molecular formula is C17H34NO5+. The van der Waals surface area contributed by atoms with E-state index in [1.807, 2.05) is 0 Å². The number of carbonyl (C=O) groups is 2. The summed E-state index contributed by atoms with van der Waals surface area (Å²) >= 11 is 0. The van der Waals surface area contributed by atoms with Crippen LogP contribution in [0.3, 0.4) is 0 Å². The zero-order chi connectivity index (χ0) is 17.9. The fourth-order valence-corrected chi connectivity index (χ4v) is 3.50. The van der Waals surface area contributed by atoms with Gasteiger partial charge in [-0.1, -0.05) is 46.5 Å². The molecule has 0 radical (unpaired) electrons. The van der Waals surface area contributed by atoms with Gasteiger partial charge in [0, 0.05) is 12.8 Å². The van der Waals surface area contributed by atoms with Crippen molar-refractivity contribution in [2.75, 3.05) is 13.3 Å². The predicted octanol–water partition coefficient (Wildman–Crippen LogP) is 2.84. The summed E-state index contributed by atoms with van der Waals surface area (Å²) in [4.78, 5) is 23.3. The summed E-state index contributed by atoms with van der Waals surface area (Å²) in [7, 11) is 0. The smallest absolute Gasteiger partial charge is 0.362 e. The fraction of sp³-hybridized carbons (Fsp3) is 0.882. The highest BCUT2D eigenvalue weighted by molar-refractivity contribution is 5.75. The molecule has 0 spiro atoms. The van der Waals surface area contributed by atoms with E-state index in [1.54, 1.807) is 13.8 Å². The first kappa shape index (κ1) is 21.9. The number of aliphatic hydroxyl groups is 1. The van der Waals surface area contributed by atoms with Crippen LogP contribution in [0, 0.1) is 0 Å². The Kier molecular flexibility index (Phi) is 10.8. The molecule has 6 heteroatoms. The zero-order valence-electron chi connectivity index (χ0n) is 14.8. The first-order valence-corrected chi connectivity index (χ1v) is 8.84. The van der Waals surface area contributed by atoms with Crippen molar-refractivity contribution in [2.45, 2.75) is 84.2 Å². The summed E-state index contributed by atoms with van der Waals surface area (Å²) in [6.07, 6.45) is 6.81. The molecule has 2 atom stereocenters. The number of unbranched alkanes of at least 4 members (excludes halogenated alkanes) is 5. The molecule has 0 aromatic carbocycles. The van der Waals surface area contributed by atoms with Crippen LogP contribution >= 0.6 is 0 Å². The Balaban J connectivity index is 5.17. The van der Waals surface area contributed by atoms with Crippen LogP contribution in [0.1, 0.15) is 72.1 Å². The number of hydrogen-bond acceptors (Lipinski definition) is 3. The van der Waals surface area contributed by atoms with Gasteiger partial charge in [-0.3, -0.25) is 4.48 Å². The number of aliphatic hydroxyl groups excluding tert-OH is 1. The van der Waals surface area contributed by atoms with E-state index < -0.39 is 30.8 Å². The molecule has 136 valence electrons. The molecular weight excluding hydrogens is 298 g/mol. The van der Waals surface area contributed by atoms with E-state index in [9.17, 15) is 24.9 Å². The molecule has 3 N–H and O–H groups in total. The minimum absolute atomic E-state index is 0.272. The van der Waals surface area contributed by atoms with E-state index in [1.165, 1.54) is 6.42 Å². The summed E-state index contributed by atoms with van der Waals surface area (Å²) < 4.78 is -0.272. The van der Waals surface area contributed by atoms with E-state index >= 15 is 0 Å². The van der Waals surface area contributed by atoms with E-state index in [4.69, 9.17) is 0 Å². The Morgan fingerprint density at radius 3 is 1.61 bits per heavy atom. The normalized spacial score (nSPS) is 16.5. The van der Waals surface area contributed by atoms with Gasteiger partial charge in [-0.2, -0.15) is 0 Å². The van der Waals surface area contributed by atoms with Crippen molar-refractivity contribution in [3.63, 3.8) is 0 Å². The average Bonchev–Trinajstić information content (AvgIpc) is 2.50. The van der Waals surface area contributed by atoms with E-state index in [0.29, 0.717) is 19.4 Å². The summed E-state index contributed by atoms with van der Waals surface area (Å²) in [5.74, 6) is -2.07. The van der Waals surface area contributed by atoms with Gasteiger partial charge in [0.25, 0.3) is 0 Å². The van der Waals surface area contributed by atoms with Crippen LogP contribution in [0.4, 0.5) is 0 Å². The second-order valence-electron chi connectivity index (χ2n) is 6.26. The lowest BCUT2D eigenvalue weighted by Crippen LogP contribution is -2.66. The number of carboxylic acids is 2. The second-order valence-corrected chi connectivity index (χ2v) is 6.26. The molecule has 0 amide bonds. The van der Waals surface area contributed by atoms with Gasteiger partial charge in [-0.15, -0.1) is 0 Å². The largest absolute Gasteiger partial charge is 0.477 e. The van der Waals surface area contributed by atoms with Gasteiger partial charge < -0.3 is 15.3 Å². The van der Waals surface area contributed by atoms with Crippen molar-refractivity contribution in [2.24, 2.45) is 0 Å². The lowest BCUT2D eigenvalue weighted by Gasteiger charge is -2.44. The lowest BCUT2D eigenvalue weighted by molar-refractivity contribution is -0.974. The topological polar surface area (TPSA) is 94.8 Å². The summed E-state index contributed by atoms with van der Waals surface area (Å²) in [5, 5.41) is 29.0. The molecule has 0 aliphatic rings. The van der Waals surface area contributed by atoms with Gasteiger partial charge in [-0.05, 0) is 12.8 Å². The predicted molar refractivity (Wildman–Crippen MR) is 89.0 cm³/mol. The monoisotopic (exact) mass is 332 g/mol. The molecule has 0 aliphatic carbocycles. The Morgan fingerprint density at radius 1 is 0.826 bits per heavy atom. The van der Waals surface area contributed by atoms with Crippen molar-refractivity contribution in [1.29, 1.82) is 0 Å². The Hall–Kier alpha value is -1.14. The van der Waals surface area contributed by atoms with Crippen LogP contribution in [0.5, 0.6) is 0 Å². The minimum Gasteiger partial charge on any atom is -0.477 e. The number of hydrogen-bond donors (Lipinski definition) is 3. The van der Waals surface area contributed by atoms with Crippen molar-refractivity contribution in [3.05, 3.63) is 0 Å². The van der Waals surface area contributed by atoms with Gasteiger partial charge in [-0.25, -0.2) is 9.59 Å². The molecule has 0 heterocycles. The first-order valence-electron chi connectivity index (χ1n) is 8.84. The van der Waals surface area contributed by atoms with Crippen LogP contribution in [0.25, 0.3) is 0 Å². The molecule has 2 unspecified atom stereocenters. The molecule has 0 fully saturated rings. The first-order chi connectivity index (χ1) is 10.9. The van der Waals surface area contributed by atoms with Crippen LogP contribution in [-0.2, 0) is 9.59 Å². The molecule has 6 nitrogen and oxygen atoms in total. The molecule has 0 saturated heterocycles. The summed E-state index contributed by atoms with van der Waals surface area (Å²) in [6, 6.07) is -1.78. The van der Waals surface area contributed by atoms with Gasteiger partial charge in [0.1, 0.15) is 0 Å². The molecule has 0 aromatic heterocycles. The third-order valence-electron chi connectivity index (χ3n) is 4.78.